The third-order valence-electron chi connectivity index (χ3n) is 2.69. The van der Waals surface area contributed by atoms with E-state index in [0.29, 0.717) is 0 Å². The van der Waals surface area contributed by atoms with Crippen molar-refractivity contribution >= 4 is 11.8 Å². The predicted octanol–water partition coefficient (Wildman–Crippen LogP) is 1.36. The summed E-state index contributed by atoms with van der Waals surface area (Å²) < 4.78 is 2.21. The van der Waals surface area contributed by atoms with Crippen LogP contribution in [0.25, 0.3) is 0 Å². The van der Waals surface area contributed by atoms with Gasteiger partial charge < -0.3 is 10.3 Å². The van der Waals surface area contributed by atoms with E-state index in [2.05, 4.69) is 27.4 Å². The number of rotatable bonds is 8. The molecule has 0 radical (unpaired) electrons. The van der Waals surface area contributed by atoms with Crippen molar-refractivity contribution in [2.24, 2.45) is 0 Å². The van der Waals surface area contributed by atoms with E-state index in [1.54, 1.807) is 11.8 Å². The molecule has 0 spiro atoms. The van der Waals surface area contributed by atoms with Crippen molar-refractivity contribution in [3.8, 4) is 0 Å². The van der Waals surface area contributed by atoms with Crippen molar-refractivity contribution in [2.45, 2.75) is 50.7 Å². The highest BCUT2D eigenvalue weighted by Gasteiger charge is 2.08. The zero-order valence-corrected chi connectivity index (χ0v) is 11.2. The Kier molecular flexibility index (Phi) is 6.49. The van der Waals surface area contributed by atoms with E-state index in [1.165, 1.54) is 25.7 Å². The molecule has 5 heteroatoms. The van der Waals surface area contributed by atoms with E-state index in [1.807, 2.05) is 6.26 Å². The second-order valence-corrected chi connectivity index (χ2v) is 4.64. The summed E-state index contributed by atoms with van der Waals surface area (Å²) in [4.78, 5) is 0. The minimum atomic E-state index is 0.970. The van der Waals surface area contributed by atoms with Gasteiger partial charge in [0, 0.05) is 13.0 Å². The average molecular weight is 243 g/mol. The van der Waals surface area contributed by atoms with Gasteiger partial charge in [-0.05, 0) is 32.4 Å². The molecule has 0 bridgehead atoms. The molecule has 4 nitrogen and oxygen atoms in total. The van der Waals surface area contributed by atoms with Crippen molar-refractivity contribution < 1.29 is 5.73 Å². The first-order chi connectivity index (χ1) is 7.83. The van der Waals surface area contributed by atoms with E-state index < -0.39 is 0 Å². The molecule has 0 saturated carbocycles. The summed E-state index contributed by atoms with van der Waals surface area (Å²) in [6, 6.07) is 0. The van der Waals surface area contributed by atoms with Crippen molar-refractivity contribution in [2.75, 3.05) is 12.8 Å². The van der Waals surface area contributed by atoms with Gasteiger partial charge in [0.2, 0.25) is 0 Å². The van der Waals surface area contributed by atoms with Crippen molar-refractivity contribution in [1.82, 2.24) is 14.8 Å². The van der Waals surface area contributed by atoms with Gasteiger partial charge in [-0.2, -0.15) is 0 Å². The highest BCUT2D eigenvalue weighted by Crippen LogP contribution is 2.15. The predicted molar refractivity (Wildman–Crippen MR) is 67.4 cm³/mol. The highest BCUT2D eigenvalue weighted by atomic mass is 32.2. The summed E-state index contributed by atoms with van der Waals surface area (Å²) in [5.41, 5.74) is 3.85. The Balaban J connectivity index is 2.38. The topological polar surface area (TPSA) is 58.4 Å². The van der Waals surface area contributed by atoms with Gasteiger partial charge in [-0.3, -0.25) is 0 Å². The van der Waals surface area contributed by atoms with Crippen LogP contribution in [0, 0.1) is 0 Å². The van der Waals surface area contributed by atoms with Crippen LogP contribution < -0.4 is 5.73 Å². The zero-order chi connectivity index (χ0) is 11.8. The SMILES string of the molecule is CCn1c(CCCCCC[NH3+])nnc1SC. The van der Waals surface area contributed by atoms with Crippen LogP contribution in [-0.2, 0) is 13.0 Å². The maximum absolute atomic E-state index is 4.26. The fourth-order valence-corrected chi connectivity index (χ4v) is 2.36. The van der Waals surface area contributed by atoms with Crippen LogP contribution in [0.4, 0.5) is 0 Å². The van der Waals surface area contributed by atoms with Gasteiger partial charge in [0.05, 0.1) is 6.54 Å². The lowest BCUT2D eigenvalue weighted by molar-refractivity contribution is -0.368. The number of hydrogen-bond acceptors (Lipinski definition) is 3. The lowest BCUT2D eigenvalue weighted by Crippen LogP contribution is -2.50. The molecule has 0 saturated heterocycles. The molecule has 0 aliphatic rings. The number of aromatic nitrogens is 3. The van der Waals surface area contributed by atoms with Crippen LogP contribution in [0.3, 0.4) is 0 Å². The molecule has 0 fully saturated rings. The van der Waals surface area contributed by atoms with Gasteiger partial charge in [-0.25, -0.2) is 0 Å². The van der Waals surface area contributed by atoms with Crippen LogP contribution in [0.1, 0.15) is 38.4 Å². The minimum Gasteiger partial charge on any atom is -0.358 e. The summed E-state index contributed by atoms with van der Waals surface area (Å²) in [5.74, 6) is 1.14. The van der Waals surface area contributed by atoms with Gasteiger partial charge in [0.25, 0.3) is 0 Å². The molecule has 0 aliphatic carbocycles. The lowest BCUT2D eigenvalue weighted by atomic mass is 10.1. The number of thioether (sulfide) groups is 1. The van der Waals surface area contributed by atoms with Gasteiger partial charge in [0.1, 0.15) is 5.82 Å². The average Bonchev–Trinajstić information content (AvgIpc) is 2.71. The van der Waals surface area contributed by atoms with E-state index in [9.17, 15) is 0 Å². The summed E-state index contributed by atoms with van der Waals surface area (Å²) >= 11 is 1.67. The molecule has 1 aromatic heterocycles. The van der Waals surface area contributed by atoms with Crippen LogP contribution in [-0.4, -0.2) is 27.6 Å². The molecule has 1 rings (SSSR count). The fourth-order valence-electron chi connectivity index (χ4n) is 1.79. The first-order valence-corrected chi connectivity index (χ1v) is 7.31. The number of hydrogen-bond donors (Lipinski definition) is 1. The van der Waals surface area contributed by atoms with Crippen LogP contribution >= 0.6 is 11.8 Å². The van der Waals surface area contributed by atoms with Crippen molar-refractivity contribution in [1.29, 1.82) is 0 Å². The first-order valence-electron chi connectivity index (χ1n) is 6.08. The molecular formula is C11H23N4S+. The van der Waals surface area contributed by atoms with E-state index in [4.69, 9.17) is 0 Å². The Labute approximate surface area is 102 Å². The standard InChI is InChI=1S/C11H22N4S/c1-3-15-10(13-14-11(15)16-2)8-6-4-5-7-9-12/h3-9,12H2,1-2H3/p+1. The third kappa shape index (κ3) is 3.79. The third-order valence-corrected chi connectivity index (χ3v) is 3.36. The highest BCUT2D eigenvalue weighted by molar-refractivity contribution is 7.98. The Morgan fingerprint density at radius 1 is 1.19 bits per heavy atom. The summed E-state index contributed by atoms with van der Waals surface area (Å²) in [6.45, 7) is 4.18. The largest absolute Gasteiger partial charge is 0.358 e. The Bertz CT molecular complexity index is 298. The van der Waals surface area contributed by atoms with Crippen LogP contribution in [0.2, 0.25) is 0 Å². The van der Waals surface area contributed by atoms with E-state index in [-0.39, 0.29) is 0 Å². The van der Waals surface area contributed by atoms with Crippen molar-refractivity contribution in [3.05, 3.63) is 5.82 Å². The monoisotopic (exact) mass is 243 g/mol. The number of aryl methyl sites for hydroxylation is 1. The molecule has 0 amide bonds. The molecule has 1 heterocycles. The summed E-state index contributed by atoms with van der Waals surface area (Å²) in [7, 11) is 0. The van der Waals surface area contributed by atoms with Gasteiger partial charge in [-0.15, -0.1) is 10.2 Å². The van der Waals surface area contributed by atoms with Gasteiger partial charge in [-0.1, -0.05) is 18.2 Å². The number of nitrogens with zero attached hydrogens (tertiary/aromatic N) is 3. The maximum Gasteiger partial charge on any atom is 0.190 e. The molecule has 3 N–H and O–H groups in total. The summed E-state index contributed by atoms with van der Waals surface area (Å²) in [6.07, 6.45) is 8.13. The quantitative estimate of drug-likeness (QED) is 0.554. The zero-order valence-electron chi connectivity index (χ0n) is 10.4. The molecule has 1 aromatic rings. The smallest absolute Gasteiger partial charge is 0.190 e. The van der Waals surface area contributed by atoms with Crippen LogP contribution in [0.15, 0.2) is 5.16 Å². The summed E-state index contributed by atoms with van der Waals surface area (Å²) in [5, 5.41) is 9.48. The molecule has 0 aliphatic heterocycles. The van der Waals surface area contributed by atoms with Crippen molar-refractivity contribution in [3.63, 3.8) is 0 Å². The molecule has 0 atom stereocenters. The minimum absolute atomic E-state index is 0.970. The second-order valence-electron chi connectivity index (χ2n) is 3.86. The Morgan fingerprint density at radius 3 is 2.56 bits per heavy atom. The first kappa shape index (κ1) is 13.5. The molecule has 0 aromatic carbocycles. The maximum atomic E-state index is 4.26. The van der Waals surface area contributed by atoms with E-state index >= 15 is 0 Å². The second kappa shape index (κ2) is 7.68. The molecular weight excluding hydrogens is 220 g/mol. The van der Waals surface area contributed by atoms with Gasteiger partial charge in [0.15, 0.2) is 5.16 Å². The Morgan fingerprint density at radius 2 is 1.94 bits per heavy atom. The molecule has 16 heavy (non-hydrogen) atoms. The number of unbranched alkanes of at least 4 members (excludes halogenated alkanes) is 3. The Hall–Kier alpha value is -0.550. The number of quaternary nitrogens is 1. The normalized spacial score (nSPS) is 10.9. The van der Waals surface area contributed by atoms with E-state index in [0.717, 1.165) is 30.5 Å². The molecule has 0 unspecified atom stereocenters. The van der Waals surface area contributed by atoms with Crippen LogP contribution in [0.5, 0.6) is 0 Å². The lowest BCUT2D eigenvalue weighted by Gasteiger charge is -2.05. The fraction of sp³-hybridized carbons (Fsp3) is 0.818. The molecule has 92 valence electrons. The van der Waals surface area contributed by atoms with Gasteiger partial charge >= 0.3 is 0 Å².